The third-order valence-electron chi connectivity index (χ3n) is 3.84. The molecular formula is C16H16N2O3. The van der Waals surface area contributed by atoms with Gasteiger partial charge in [-0.1, -0.05) is 13.8 Å². The van der Waals surface area contributed by atoms with Crippen molar-refractivity contribution in [2.45, 2.75) is 32.8 Å². The Balaban J connectivity index is 2.11. The molecule has 0 radical (unpaired) electrons. The summed E-state index contributed by atoms with van der Waals surface area (Å²) in [6.45, 7) is 4.03. The average molecular weight is 284 g/mol. The molecule has 2 heterocycles. The van der Waals surface area contributed by atoms with Crippen molar-refractivity contribution >= 4 is 5.78 Å². The zero-order valence-electron chi connectivity index (χ0n) is 12.0. The van der Waals surface area contributed by atoms with Gasteiger partial charge in [0.25, 0.3) is 0 Å². The van der Waals surface area contributed by atoms with E-state index in [0.717, 1.165) is 0 Å². The van der Waals surface area contributed by atoms with E-state index in [1.54, 1.807) is 12.1 Å². The Morgan fingerprint density at radius 2 is 2.19 bits per heavy atom. The first kappa shape index (κ1) is 13.5. The molecule has 1 aliphatic heterocycles. The zero-order chi connectivity index (χ0) is 15.2. The molecule has 0 saturated heterocycles. The Labute approximate surface area is 122 Å². The molecule has 1 unspecified atom stereocenters. The molecule has 2 aliphatic rings. The van der Waals surface area contributed by atoms with Crippen LogP contribution in [0.4, 0.5) is 0 Å². The second-order valence-corrected chi connectivity index (χ2v) is 6.19. The van der Waals surface area contributed by atoms with Crippen LogP contribution in [0.1, 0.15) is 38.6 Å². The van der Waals surface area contributed by atoms with Gasteiger partial charge < -0.3 is 14.9 Å². The molecule has 1 aliphatic carbocycles. The van der Waals surface area contributed by atoms with Crippen molar-refractivity contribution in [1.82, 2.24) is 0 Å². The summed E-state index contributed by atoms with van der Waals surface area (Å²) in [4.78, 5) is 12.3. The molecule has 5 heteroatoms. The smallest absolute Gasteiger partial charge is 0.192 e. The topological polar surface area (TPSA) is 89.2 Å². The number of rotatable bonds is 1. The van der Waals surface area contributed by atoms with Gasteiger partial charge in [0, 0.05) is 12.8 Å². The number of hydrogen-bond donors (Lipinski definition) is 1. The molecule has 1 aromatic heterocycles. The van der Waals surface area contributed by atoms with Crippen molar-refractivity contribution in [2.75, 3.05) is 0 Å². The molecule has 21 heavy (non-hydrogen) atoms. The van der Waals surface area contributed by atoms with Crippen molar-refractivity contribution in [3.63, 3.8) is 0 Å². The van der Waals surface area contributed by atoms with E-state index in [1.165, 1.54) is 6.26 Å². The third-order valence-corrected chi connectivity index (χ3v) is 3.84. The van der Waals surface area contributed by atoms with E-state index >= 15 is 0 Å². The summed E-state index contributed by atoms with van der Waals surface area (Å²) in [5.74, 6) is 1.01. The number of carbonyl (C=O) groups is 1. The first-order valence-electron chi connectivity index (χ1n) is 6.79. The fourth-order valence-electron chi connectivity index (χ4n) is 2.90. The highest BCUT2D eigenvalue weighted by Gasteiger charge is 2.41. The van der Waals surface area contributed by atoms with Gasteiger partial charge in [0.2, 0.25) is 0 Å². The van der Waals surface area contributed by atoms with E-state index in [1.807, 2.05) is 19.9 Å². The van der Waals surface area contributed by atoms with Gasteiger partial charge in [0.15, 0.2) is 11.9 Å². The van der Waals surface area contributed by atoms with Crippen molar-refractivity contribution in [3.8, 4) is 6.07 Å². The Morgan fingerprint density at radius 3 is 2.81 bits per heavy atom. The predicted octanol–water partition coefficient (Wildman–Crippen LogP) is 2.73. The van der Waals surface area contributed by atoms with E-state index in [-0.39, 0.29) is 22.5 Å². The lowest BCUT2D eigenvalue weighted by Gasteiger charge is -2.36. The van der Waals surface area contributed by atoms with Crippen LogP contribution < -0.4 is 5.73 Å². The van der Waals surface area contributed by atoms with E-state index in [9.17, 15) is 10.1 Å². The maximum atomic E-state index is 12.3. The molecule has 0 bridgehead atoms. The van der Waals surface area contributed by atoms with Crippen LogP contribution in [0.25, 0.3) is 0 Å². The number of allylic oxidation sites excluding steroid dienone is 2. The van der Waals surface area contributed by atoms with Gasteiger partial charge in [-0.25, -0.2) is 0 Å². The SMILES string of the molecule is CC1(C)CC(=O)C2=C(C1)OC(c1ccco1)C(C#N)=C2N. The summed E-state index contributed by atoms with van der Waals surface area (Å²) in [6.07, 6.45) is 1.86. The van der Waals surface area contributed by atoms with Crippen molar-refractivity contribution < 1.29 is 13.9 Å². The molecule has 0 spiro atoms. The molecule has 1 aromatic rings. The van der Waals surface area contributed by atoms with Gasteiger partial charge in [-0.2, -0.15) is 5.26 Å². The molecule has 3 rings (SSSR count). The maximum Gasteiger partial charge on any atom is 0.192 e. The standard InChI is InChI=1S/C16H16N2O3/c1-16(2)6-10(19)13-12(7-16)21-15(9(8-17)14(13)18)11-4-3-5-20-11/h3-5,15H,6-7,18H2,1-2H3. The normalized spacial score (nSPS) is 24.4. The highest BCUT2D eigenvalue weighted by atomic mass is 16.5. The molecule has 0 saturated carbocycles. The van der Waals surface area contributed by atoms with Crippen LogP contribution in [0.5, 0.6) is 0 Å². The van der Waals surface area contributed by atoms with Crippen LogP contribution in [-0.4, -0.2) is 5.78 Å². The third kappa shape index (κ3) is 2.13. The van der Waals surface area contributed by atoms with Gasteiger partial charge in [-0.15, -0.1) is 0 Å². The Hall–Kier alpha value is -2.48. The second-order valence-electron chi connectivity index (χ2n) is 6.19. The van der Waals surface area contributed by atoms with Crippen molar-refractivity contribution in [1.29, 1.82) is 5.26 Å². The molecule has 0 aromatic carbocycles. The Morgan fingerprint density at radius 1 is 1.43 bits per heavy atom. The summed E-state index contributed by atoms with van der Waals surface area (Å²) >= 11 is 0. The lowest BCUT2D eigenvalue weighted by atomic mass is 9.74. The van der Waals surface area contributed by atoms with Gasteiger partial charge in [0.05, 0.1) is 17.5 Å². The monoisotopic (exact) mass is 284 g/mol. The number of hydrogen-bond acceptors (Lipinski definition) is 5. The number of furan rings is 1. The average Bonchev–Trinajstić information content (AvgIpc) is 2.89. The molecule has 2 N–H and O–H groups in total. The van der Waals surface area contributed by atoms with E-state index in [4.69, 9.17) is 14.9 Å². The highest BCUT2D eigenvalue weighted by molar-refractivity contribution is 6.01. The first-order chi connectivity index (χ1) is 9.93. The van der Waals surface area contributed by atoms with Crippen LogP contribution >= 0.6 is 0 Å². The minimum absolute atomic E-state index is 0.0654. The molecule has 5 nitrogen and oxygen atoms in total. The number of ketones is 1. The minimum Gasteiger partial charge on any atom is -0.480 e. The van der Waals surface area contributed by atoms with Gasteiger partial charge in [-0.05, 0) is 17.5 Å². The van der Waals surface area contributed by atoms with E-state index < -0.39 is 6.10 Å². The number of nitrogens with two attached hydrogens (primary N) is 1. The quantitative estimate of drug-likeness (QED) is 0.856. The van der Waals surface area contributed by atoms with Crippen LogP contribution in [0.3, 0.4) is 0 Å². The fourth-order valence-corrected chi connectivity index (χ4v) is 2.90. The van der Waals surface area contributed by atoms with Crippen LogP contribution in [0.2, 0.25) is 0 Å². The second kappa shape index (κ2) is 4.52. The zero-order valence-corrected chi connectivity index (χ0v) is 12.0. The number of nitrogens with zero attached hydrogens (tertiary/aromatic N) is 1. The van der Waals surface area contributed by atoms with Crippen LogP contribution in [-0.2, 0) is 9.53 Å². The summed E-state index contributed by atoms with van der Waals surface area (Å²) in [5, 5.41) is 9.37. The number of nitriles is 1. The predicted molar refractivity (Wildman–Crippen MR) is 74.4 cm³/mol. The Bertz CT molecular complexity index is 702. The van der Waals surface area contributed by atoms with Gasteiger partial charge >= 0.3 is 0 Å². The van der Waals surface area contributed by atoms with Crippen LogP contribution in [0.15, 0.2) is 45.4 Å². The summed E-state index contributed by atoms with van der Waals surface area (Å²) < 4.78 is 11.3. The maximum absolute atomic E-state index is 12.3. The van der Waals surface area contributed by atoms with Gasteiger partial charge in [0.1, 0.15) is 23.2 Å². The molecule has 108 valence electrons. The fraction of sp³-hybridized carbons (Fsp3) is 0.375. The van der Waals surface area contributed by atoms with E-state index in [0.29, 0.717) is 29.9 Å². The summed E-state index contributed by atoms with van der Waals surface area (Å²) in [6, 6.07) is 5.51. The minimum atomic E-state index is -0.676. The van der Waals surface area contributed by atoms with Crippen molar-refractivity contribution in [3.05, 3.63) is 46.8 Å². The highest BCUT2D eigenvalue weighted by Crippen LogP contribution is 2.45. The number of Topliss-reactive ketones (excluding diaryl/α,β-unsaturated/α-hetero) is 1. The first-order valence-corrected chi connectivity index (χ1v) is 6.79. The van der Waals surface area contributed by atoms with Gasteiger partial charge in [-0.3, -0.25) is 4.79 Å². The van der Waals surface area contributed by atoms with Crippen molar-refractivity contribution in [2.24, 2.45) is 11.1 Å². The largest absolute Gasteiger partial charge is 0.480 e. The number of carbonyl (C=O) groups excluding carboxylic acids is 1. The lowest BCUT2D eigenvalue weighted by molar-refractivity contribution is -0.118. The summed E-state index contributed by atoms with van der Waals surface area (Å²) in [5.41, 5.74) is 6.73. The van der Waals surface area contributed by atoms with E-state index in [2.05, 4.69) is 0 Å². The Kier molecular flexibility index (Phi) is 2.91. The van der Waals surface area contributed by atoms with Crippen LogP contribution in [0, 0.1) is 16.7 Å². The molecule has 1 atom stereocenters. The summed E-state index contributed by atoms with van der Waals surface area (Å²) in [7, 11) is 0. The molecular weight excluding hydrogens is 268 g/mol. The molecule has 0 amide bonds. The lowest BCUT2D eigenvalue weighted by Crippen LogP contribution is -2.33. The number of ether oxygens (including phenoxy) is 1. The molecule has 0 fully saturated rings.